The molecule has 0 spiro atoms. The van der Waals surface area contributed by atoms with Gasteiger partial charge in [-0.3, -0.25) is 0 Å². The largest absolute Gasteiger partial charge is 0.370 e. The first-order valence-corrected chi connectivity index (χ1v) is 10.6. The number of rotatable bonds is 7. The van der Waals surface area contributed by atoms with Gasteiger partial charge in [0.1, 0.15) is 23.8 Å². The lowest BCUT2D eigenvalue weighted by molar-refractivity contribution is 0.599. The van der Waals surface area contributed by atoms with Crippen molar-refractivity contribution in [2.75, 3.05) is 34.8 Å². The van der Waals surface area contributed by atoms with Crippen LogP contribution in [-0.2, 0) is 16.3 Å². The molecule has 6 nitrogen and oxygen atoms in total. The molecule has 26 heavy (non-hydrogen) atoms. The van der Waals surface area contributed by atoms with Crippen molar-refractivity contribution in [1.29, 1.82) is 0 Å². The van der Waals surface area contributed by atoms with Gasteiger partial charge in [0.15, 0.2) is 9.84 Å². The molecule has 1 aromatic heterocycles. The third-order valence-electron chi connectivity index (χ3n) is 4.60. The van der Waals surface area contributed by atoms with E-state index in [1.165, 1.54) is 12.4 Å². The van der Waals surface area contributed by atoms with Crippen molar-refractivity contribution in [3.8, 4) is 0 Å². The standard InChI is InChI=1S/C18H23FN4O2S/c1-2-23(15-8-10-26(24,25)12-15)18-11-17(21-13-22-18)20-9-7-14-5-3-4-6-16(14)19/h3-6,11,13,15H,2,7-10,12H2,1H3,(H,20,21,22). The number of nitrogens with zero attached hydrogens (tertiary/aromatic N) is 3. The lowest BCUT2D eigenvalue weighted by Gasteiger charge is -2.28. The molecular formula is C18H23FN4O2S. The van der Waals surface area contributed by atoms with Crippen LogP contribution in [0.3, 0.4) is 0 Å². The molecule has 0 amide bonds. The molecule has 1 aliphatic heterocycles. The van der Waals surface area contributed by atoms with Crippen molar-refractivity contribution in [3.05, 3.63) is 48.0 Å². The maximum Gasteiger partial charge on any atom is 0.152 e. The minimum absolute atomic E-state index is 0.0498. The Balaban J connectivity index is 1.64. The third kappa shape index (κ3) is 4.49. The van der Waals surface area contributed by atoms with Crippen molar-refractivity contribution in [2.45, 2.75) is 25.8 Å². The summed E-state index contributed by atoms with van der Waals surface area (Å²) in [6.07, 6.45) is 2.63. The van der Waals surface area contributed by atoms with E-state index in [0.717, 1.165) is 0 Å². The summed E-state index contributed by atoms with van der Waals surface area (Å²) in [7, 11) is -2.95. The Morgan fingerprint density at radius 2 is 2.12 bits per heavy atom. The normalized spacial score (nSPS) is 18.6. The summed E-state index contributed by atoms with van der Waals surface area (Å²) in [5, 5.41) is 3.18. The van der Waals surface area contributed by atoms with Crippen molar-refractivity contribution < 1.29 is 12.8 Å². The SMILES string of the molecule is CCN(c1cc(NCCc2ccccc2F)ncn1)C1CCS(=O)(=O)C1. The summed E-state index contributed by atoms with van der Waals surface area (Å²) in [6.45, 7) is 3.20. The van der Waals surface area contributed by atoms with Gasteiger partial charge < -0.3 is 10.2 Å². The molecule has 1 aliphatic rings. The monoisotopic (exact) mass is 378 g/mol. The van der Waals surface area contributed by atoms with Crippen LogP contribution >= 0.6 is 0 Å². The molecule has 2 heterocycles. The summed E-state index contributed by atoms with van der Waals surface area (Å²) in [6, 6.07) is 8.47. The number of hydrogen-bond acceptors (Lipinski definition) is 6. The number of hydrogen-bond donors (Lipinski definition) is 1. The Hall–Kier alpha value is -2.22. The predicted molar refractivity (Wildman–Crippen MR) is 101 cm³/mol. The first-order valence-electron chi connectivity index (χ1n) is 8.75. The van der Waals surface area contributed by atoms with Crippen LogP contribution in [0.4, 0.5) is 16.0 Å². The van der Waals surface area contributed by atoms with Crippen molar-refractivity contribution >= 4 is 21.5 Å². The maximum absolute atomic E-state index is 13.7. The molecule has 0 saturated carbocycles. The fourth-order valence-corrected chi connectivity index (χ4v) is 4.99. The summed E-state index contributed by atoms with van der Waals surface area (Å²) in [4.78, 5) is 10.5. The predicted octanol–water partition coefficient (Wildman–Crippen LogP) is 2.28. The zero-order valence-corrected chi connectivity index (χ0v) is 15.5. The second-order valence-corrected chi connectivity index (χ2v) is 8.60. The fourth-order valence-electron chi connectivity index (χ4n) is 3.26. The second-order valence-electron chi connectivity index (χ2n) is 6.37. The first-order chi connectivity index (χ1) is 12.5. The average Bonchev–Trinajstić information content (AvgIpc) is 2.97. The van der Waals surface area contributed by atoms with Crippen LogP contribution in [0.1, 0.15) is 18.9 Å². The lowest BCUT2D eigenvalue weighted by atomic mass is 10.1. The lowest BCUT2D eigenvalue weighted by Crippen LogP contribution is -2.36. The van der Waals surface area contributed by atoms with E-state index in [-0.39, 0.29) is 23.4 Å². The Bertz CT molecular complexity index is 860. The van der Waals surface area contributed by atoms with Gasteiger partial charge in [-0.2, -0.15) is 0 Å². The number of benzene rings is 1. The molecule has 1 saturated heterocycles. The Labute approximate surface area is 153 Å². The van der Waals surface area contributed by atoms with E-state index < -0.39 is 9.84 Å². The smallest absolute Gasteiger partial charge is 0.152 e. The van der Waals surface area contributed by atoms with Gasteiger partial charge in [-0.05, 0) is 31.4 Å². The highest BCUT2D eigenvalue weighted by Gasteiger charge is 2.32. The molecule has 1 aromatic carbocycles. The average molecular weight is 378 g/mol. The Morgan fingerprint density at radius 3 is 2.81 bits per heavy atom. The Kier molecular flexibility index (Phi) is 5.70. The molecule has 1 atom stereocenters. The number of anilines is 2. The van der Waals surface area contributed by atoms with Gasteiger partial charge in [0, 0.05) is 25.2 Å². The van der Waals surface area contributed by atoms with Crippen LogP contribution in [0, 0.1) is 5.82 Å². The van der Waals surface area contributed by atoms with E-state index in [0.29, 0.717) is 43.1 Å². The maximum atomic E-state index is 13.7. The summed E-state index contributed by atoms with van der Waals surface area (Å²) in [5.41, 5.74) is 0.653. The van der Waals surface area contributed by atoms with Gasteiger partial charge in [0.2, 0.25) is 0 Å². The van der Waals surface area contributed by atoms with Crippen LogP contribution in [-0.4, -0.2) is 49.0 Å². The zero-order valence-electron chi connectivity index (χ0n) is 14.7. The van der Waals surface area contributed by atoms with Crippen LogP contribution in [0.15, 0.2) is 36.7 Å². The molecule has 0 aliphatic carbocycles. The van der Waals surface area contributed by atoms with Gasteiger partial charge in [0.25, 0.3) is 0 Å². The molecule has 1 unspecified atom stereocenters. The molecular weight excluding hydrogens is 355 g/mol. The van der Waals surface area contributed by atoms with Crippen molar-refractivity contribution in [3.63, 3.8) is 0 Å². The summed E-state index contributed by atoms with van der Waals surface area (Å²) < 4.78 is 37.2. The van der Waals surface area contributed by atoms with Crippen LogP contribution < -0.4 is 10.2 Å². The van der Waals surface area contributed by atoms with Gasteiger partial charge in [-0.15, -0.1) is 0 Å². The van der Waals surface area contributed by atoms with Gasteiger partial charge in [-0.25, -0.2) is 22.8 Å². The molecule has 0 radical (unpaired) electrons. The van der Waals surface area contributed by atoms with Crippen LogP contribution in [0.25, 0.3) is 0 Å². The number of halogens is 1. The van der Waals surface area contributed by atoms with Crippen molar-refractivity contribution in [2.24, 2.45) is 0 Å². The second kappa shape index (κ2) is 7.99. The van der Waals surface area contributed by atoms with Gasteiger partial charge in [-0.1, -0.05) is 18.2 Å². The molecule has 3 rings (SSSR count). The van der Waals surface area contributed by atoms with E-state index in [9.17, 15) is 12.8 Å². The minimum Gasteiger partial charge on any atom is -0.370 e. The van der Waals surface area contributed by atoms with E-state index in [1.54, 1.807) is 12.1 Å². The molecule has 1 fully saturated rings. The highest BCUT2D eigenvalue weighted by atomic mass is 32.2. The summed E-state index contributed by atoms with van der Waals surface area (Å²) >= 11 is 0. The molecule has 1 N–H and O–H groups in total. The van der Waals surface area contributed by atoms with E-state index in [2.05, 4.69) is 15.3 Å². The molecule has 140 valence electrons. The van der Waals surface area contributed by atoms with E-state index in [1.807, 2.05) is 24.0 Å². The highest BCUT2D eigenvalue weighted by Crippen LogP contribution is 2.23. The third-order valence-corrected chi connectivity index (χ3v) is 6.35. The van der Waals surface area contributed by atoms with Crippen molar-refractivity contribution in [1.82, 2.24) is 9.97 Å². The van der Waals surface area contributed by atoms with Gasteiger partial charge in [0.05, 0.1) is 11.5 Å². The zero-order chi connectivity index (χ0) is 18.6. The molecule has 2 aromatic rings. The van der Waals surface area contributed by atoms with Crippen LogP contribution in [0.2, 0.25) is 0 Å². The Morgan fingerprint density at radius 1 is 1.31 bits per heavy atom. The van der Waals surface area contributed by atoms with E-state index in [4.69, 9.17) is 0 Å². The quantitative estimate of drug-likeness (QED) is 0.797. The highest BCUT2D eigenvalue weighted by molar-refractivity contribution is 7.91. The number of sulfone groups is 1. The molecule has 8 heteroatoms. The molecule has 0 bridgehead atoms. The van der Waals surface area contributed by atoms with Crippen LogP contribution in [0.5, 0.6) is 0 Å². The van der Waals surface area contributed by atoms with E-state index >= 15 is 0 Å². The minimum atomic E-state index is -2.95. The number of aromatic nitrogens is 2. The van der Waals surface area contributed by atoms with Gasteiger partial charge >= 0.3 is 0 Å². The fraction of sp³-hybridized carbons (Fsp3) is 0.444. The summed E-state index contributed by atoms with van der Waals surface area (Å²) in [5.74, 6) is 1.54. The number of nitrogens with one attached hydrogen (secondary N) is 1. The topological polar surface area (TPSA) is 75.2 Å². The first kappa shape index (κ1) is 18.6.